The van der Waals surface area contributed by atoms with E-state index >= 15 is 0 Å². The second-order valence-electron chi connectivity index (χ2n) is 5.84. The van der Waals surface area contributed by atoms with Crippen LogP contribution in [0.15, 0.2) is 54.6 Å². The van der Waals surface area contributed by atoms with Crippen LogP contribution in [0.1, 0.15) is 16.1 Å². The maximum atomic E-state index is 13.1. The first-order valence-corrected chi connectivity index (χ1v) is 8.60. The molecular formula is C19H17FN2S. The van der Waals surface area contributed by atoms with Gasteiger partial charge in [-0.05, 0) is 36.2 Å². The standard InChI is InChI=1S/C19H17FN2S/c20-16-8-6-15(7-9-16)19-21-17-13-22(11-10-18(17)23-19)12-14-4-2-1-3-5-14/h1-9H,10-13H2. The molecule has 1 aromatic heterocycles. The Labute approximate surface area is 139 Å². The van der Waals surface area contributed by atoms with Gasteiger partial charge in [0.15, 0.2) is 0 Å². The Morgan fingerprint density at radius 1 is 1.04 bits per heavy atom. The van der Waals surface area contributed by atoms with Gasteiger partial charge >= 0.3 is 0 Å². The van der Waals surface area contributed by atoms with Crippen molar-refractivity contribution in [2.75, 3.05) is 6.54 Å². The van der Waals surface area contributed by atoms with E-state index in [2.05, 4.69) is 29.2 Å². The zero-order chi connectivity index (χ0) is 15.6. The largest absolute Gasteiger partial charge is 0.293 e. The van der Waals surface area contributed by atoms with Gasteiger partial charge in [-0.15, -0.1) is 11.3 Å². The fourth-order valence-electron chi connectivity index (χ4n) is 2.95. The second-order valence-corrected chi connectivity index (χ2v) is 6.93. The van der Waals surface area contributed by atoms with E-state index in [-0.39, 0.29) is 5.82 Å². The maximum absolute atomic E-state index is 13.1. The molecule has 0 radical (unpaired) electrons. The van der Waals surface area contributed by atoms with E-state index in [1.807, 2.05) is 6.07 Å². The normalized spacial score (nSPS) is 14.7. The van der Waals surface area contributed by atoms with Crippen LogP contribution in [0.3, 0.4) is 0 Å². The minimum atomic E-state index is -0.205. The number of aromatic nitrogens is 1. The van der Waals surface area contributed by atoms with Gasteiger partial charge in [0.2, 0.25) is 0 Å². The minimum Gasteiger partial charge on any atom is -0.293 e. The van der Waals surface area contributed by atoms with Crippen LogP contribution in [-0.2, 0) is 19.5 Å². The molecule has 0 spiro atoms. The van der Waals surface area contributed by atoms with Gasteiger partial charge < -0.3 is 0 Å². The van der Waals surface area contributed by atoms with E-state index in [1.165, 1.54) is 28.3 Å². The minimum absolute atomic E-state index is 0.205. The average molecular weight is 324 g/mol. The molecule has 4 rings (SSSR count). The van der Waals surface area contributed by atoms with Crippen LogP contribution in [0.25, 0.3) is 10.6 Å². The van der Waals surface area contributed by atoms with Crippen LogP contribution in [0.5, 0.6) is 0 Å². The molecule has 0 saturated carbocycles. The molecule has 0 N–H and O–H groups in total. The molecule has 2 heterocycles. The summed E-state index contributed by atoms with van der Waals surface area (Å²) in [5, 5.41) is 0.997. The van der Waals surface area contributed by atoms with Crippen LogP contribution < -0.4 is 0 Å². The van der Waals surface area contributed by atoms with Crippen LogP contribution >= 0.6 is 11.3 Å². The van der Waals surface area contributed by atoms with E-state index in [0.29, 0.717) is 0 Å². The highest BCUT2D eigenvalue weighted by molar-refractivity contribution is 7.15. The van der Waals surface area contributed by atoms with Gasteiger partial charge in [-0.25, -0.2) is 9.37 Å². The van der Waals surface area contributed by atoms with Gasteiger partial charge in [0.05, 0.1) is 5.69 Å². The quantitative estimate of drug-likeness (QED) is 0.705. The molecule has 2 nitrogen and oxygen atoms in total. The Kier molecular flexibility index (Phi) is 3.93. The number of benzene rings is 2. The summed E-state index contributed by atoms with van der Waals surface area (Å²) in [6, 6.07) is 17.2. The van der Waals surface area contributed by atoms with Crippen LogP contribution in [0, 0.1) is 5.82 Å². The summed E-state index contributed by atoms with van der Waals surface area (Å²) in [5.41, 5.74) is 3.52. The SMILES string of the molecule is Fc1ccc(-c2nc3c(s2)CCN(Cc2ccccc2)C3)cc1. The lowest BCUT2D eigenvalue weighted by Crippen LogP contribution is -2.29. The lowest BCUT2D eigenvalue weighted by atomic mass is 10.1. The number of fused-ring (bicyclic) bond motifs is 1. The van der Waals surface area contributed by atoms with Gasteiger partial charge in [0.25, 0.3) is 0 Å². The van der Waals surface area contributed by atoms with Crippen LogP contribution in [0.4, 0.5) is 4.39 Å². The number of hydrogen-bond acceptors (Lipinski definition) is 3. The Morgan fingerprint density at radius 3 is 2.61 bits per heavy atom. The predicted octanol–water partition coefficient (Wildman–Crippen LogP) is 4.51. The Balaban J connectivity index is 1.52. The second kappa shape index (κ2) is 6.22. The van der Waals surface area contributed by atoms with Gasteiger partial charge in [0.1, 0.15) is 10.8 Å². The summed E-state index contributed by atoms with van der Waals surface area (Å²) < 4.78 is 13.1. The van der Waals surface area contributed by atoms with Crippen LogP contribution in [0.2, 0.25) is 0 Å². The fourth-order valence-corrected chi connectivity index (χ4v) is 4.01. The zero-order valence-electron chi connectivity index (χ0n) is 12.7. The Hall–Kier alpha value is -2.04. The highest BCUT2D eigenvalue weighted by Gasteiger charge is 2.21. The summed E-state index contributed by atoms with van der Waals surface area (Å²) >= 11 is 1.74. The van der Waals surface area contributed by atoms with Crippen molar-refractivity contribution < 1.29 is 4.39 Å². The van der Waals surface area contributed by atoms with Crippen molar-refractivity contribution >= 4 is 11.3 Å². The van der Waals surface area contributed by atoms with Gasteiger partial charge in [0, 0.05) is 30.1 Å². The molecule has 3 aromatic rings. The summed E-state index contributed by atoms with van der Waals surface area (Å²) in [4.78, 5) is 8.60. The van der Waals surface area contributed by atoms with Crippen molar-refractivity contribution in [2.24, 2.45) is 0 Å². The van der Waals surface area contributed by atoms with E-state index in [4.69, 9.17) is 4.98 Å². The van der Waals surface area contributed by atoms with Crippen molar-refractivity contribution in [3.63, 3.8) is 0 Å². The summed E-state index contributed by atoms with van der Waals surface area (Å²) in [5.74, 6) is -0.205. The third-order valence-electron chi connectivity index (χ3n) is 4.15. The first kappa shape index (κ1) is 14.5. The highest BCUT2D eigenvalue weighted by atomic mass is 32.1. The van der Waals surface area contributed by atoms with Gasteiger partial charge in [-0.3, -0.25) is 4.90 Å². The smallest absolute Gasteiger partial charge is 0.123 e. The number of rotatable bonds is 3. The molecule has 1 aliphatic rings. The average Bonchev–Trinajstić information content (AvgIpc) is 3.00. The Bertz CT molecular complexity index is 796. The molecule has 116 valence electrons. The lowest BCUT2D eigenvalue weighted by molar-refractivity contribution is 0.244. The molecule has 0 atom stereocenters. The molecule has 0 saturated heterocycles. The van der Waals surface area contributed by atoms with Crippen molar-refractivity contribution in [1.82, 2.24) is 9.88 Å². The molecule has 2 aromatic carbocycles. The third kappa shape index (κ3) is 3.19. The molecule has 0 bridgehead atoms. The molecule has 0 unspecified atom stereocenters. The predicted molar refractivity (Wildman–Crippen MR) is 91.8 cm³/mol. The van der Waals surface area contributed by atoms with Crippen molar-refractivity contribution in [1.29, 1.82) is 0 Å². The first-order chi connectivity index (χ1) is 11.3. The molecule has 4 heteroatoms. The zero-order valence-corrected chi connectivity index (χ0v) is 13.5. The number of hydrogen-bond donors (Lipinski definition) is 0. The third-order valence-corrected chi connectivity index (χ3v) is 5.35. The van der Waals surface area contributed by atoms with Gasteiger partial charge in [-0.1, -0.05) is 30.3 Å². The first-order valence-electron chi connectivity index (χ1n) is 7.79. The Morgan fingerprint density at radius 2 is 1.83 bits per heavy atom. The molecule has 23 heavy (non-hydrogen) atoms. The van der Waals surface area contributed by atoms with Crippen molar-refractivity contribution in [3.05, 3.63) is 76.5 Å². The van der Waals surface area contributed by atoms with Crippen molar-refractivity contribution in [2.45, 2.75) is 19.5 Å². The number of halogens is 1. The van der Waals surface area contributed by atoms with Crippen LogP contribution in [-0.4, -0.2) is 16.4 Å². The number of nitrogens with zero attached hydrogens (tertiary/aromatic N) is 2. The lowest BCUT2D eigenvalue weighted by Gasteiger charge is -2.25. The van der Waals surface area contributed by atoms with Gasteiger partial charge in [-0.2, -0.15) is 0 Å². The summed E-state index contributed by atoms with van der Waals surface area (Å²) in [6.07, 6.45) is 1.04. The van der Waals surface area contributed by atoms with E-state index < -0.39 is 0 Å². The molecule has 0 aliphatic carbocycles. The molecule has 0 fully saturated rings. The maximum Gasteiger partial charge on any atom is 0.123 e. The van der Waals surface area contributed by atoms with Crippen molar-refractivity contribution in [3.8, 4) is 10.6 Å². The van der Waals surface area contributed by atoms with E-state index in [0.717, 1.165) is 36.6 Å². The monoisotopic (exact) mass is 324 g/mol. The molecule has 0 amide bonds. The molecule has 1 aliphatic heterocycles. The summed E-state index contributed by atoms with van der Waals surface area (Å²) in [6.45, 7) is 2.92. The molecular weight excluding hydrogens is 307 g/mol. The highest BCUT2D eigenvalue weighted by Crippen LogP contribution is 2.32. The fraction of sp³-hybridized carbons (Fsp3) is 0.211. The topological polar surface area (TPSA) is 16.1 Å². The number of thiazole rings is 1. The van der Waals surface area contributed by atoms with E-state index in [9.17, 15) is 4.39 Å². The summed E-state index contributed by atoms with van der Waals surface area (Å²) in [7, 11) is 0. The van der Waals surface area contributed by atoms with E-state index in [1.54, 1.807) is 23.5 Å².